The second kappa shape index (κ2) is 7.18. The first-order valence-corrected chi connectivity index (χ1v) is 8.69. The lowest BCUT2D eigenvalue weighted by Crippen LogP contribution is -2.54. The Morgan fingerprint density at radius 3 is 2.55 bits per heavy atom. The molecular weight excluding hydrogens is 278 g/mol. The van der Waals surface area contributed by atoms with Gasteiger partial charge in [-0.05, 0) is 67.0 Å². The maximum absolute atomic E-state index is 12.2. The zero-order valence-corrected chi connectivity index (χ0v) is 14.9. The molecule has 0 spiro atoms. The molecule has 0 saturated carbocycles. The van der Waals surface area contributed by atoms with Crippen LogP contribution in [0.15, 0.2) is 0 Å². The van der Waals surface area contributed by atoms with Crippen LogP contribution in [0.5, 0.6) is 0 Å². The minimum atomic E-state index is -0.416. The molecule has 5 heteroatoms. The molecule has 128 valence electrons. The first kappa shape index (κ1) is 17.5. The third-order valence-electron chi connectivity index (χ3n) is 4.75. The van der Waals surface area contributed by atoms with Crippen LogP contribution < -0.4 is 5.32 Å². The third kappa shape index (κ3) is 5.13. The van der Waals surface area contributed by atoms with E-state index < -0.39 is 5.60 Å². The second-order valence-corrected chi connectivity index (χ2v) is 7.98. The lowest BCUT2D eigenvalue weighted by Gasteiger charge is -2.40. The molecule has 2 aliphatic heterocycles. The molecule has 0 bridgehead atoms. The van der Waals surface area contributed by atoms with E-state index in [0.29, 0.717) is 18.1 Å². The van der Waals surface area contributed by atoms with Gasteiger partial charge in [0.25, 0.3) is 0 Å². The van der Waals surface area contributed by atoms with Gasteiger partial charge in [-0.15, -0.1) is 0 Å². The van der Waals surface area contributed by atoms with Crippen LogP contribution in [0.25, 0.3) is 0 Å². The molecule has 2 heterocycles. The molecule has 22 heavy (non-hydrogen) atoms. The number of nitrogens with one attached hydrogen (secondary N) is 1. The van der Waals surface area contributed by atoms with Crippen LogP contribution in [0.3, 0.4) is 0 Å². The minimum Gasteiger partial charge on any atom is -0.444 e. The molecule has 2 saturated heterocycles. The predicted octanol–water partition coefficient (Wildman–Crippen LogP) is 2.46. The van der Waals surface area contributed by atoms with Gasteiger partial charge in [0.05, 0.1) is 0 Å². The smallest absolute Gasteiger partial charge is 0.410 e. The molecular formula is C17H33N3O2. The van der Waals surface area contributed by atoms with Crippen molar-refractivity contribution in [1.29, 1.82) is 0 Å². The van der Waals surface area contributed by atoms with Crippen molar-refractivity contribution in [3.63, 3.8) is 0 Å². The van der Waals surface area contributed by atoms with Gasteiger partial charge in [0.15, 0.2) is 0 Å². The van der Waals surface area contributed by atoms with Crippen LogP contribution in [-0.2, 0) is 4.74 Å². The van der Waals surface area contributed by atoms with Crippen molar-refractivity contribution in [2.24, 2.45) is 0 Å². The average Bonchev–Trinajstić information content (AvgIpc) is 2.41. The Hall–Kier alpha value is -0.810. The van der Waals surface area contributed by atoms with E-state index in [-0.39, 0.29) is 6.09 Å². The highest BCUT2D eigenvalue weighted by Crippen LogP contribution is 2.19. The molecule has 2 rings (SSSR count). The summed E-state index contributed by atoms with van der Waals surface area (Å²) in [6.45, 7) is 10.8. The summed E-state index contributed by atoms with van der Waals surface area (Å²) in [5.41, 5.74) is -0.416. The van der Waals surface area contributed by atoms with Crippen molar-refractivity contribution in [1.82, 2.24) is 15.1 Å². The summed E-state index contributed by atoms with van der Waals surface area (Å²) in [7, 11) is 2.20. The number of rotatable bonds is 2. The van der Waals surface area contributed by atoms with E-state index in [1.165, 1.54) is 12.8 Å². The van der Waals surface area contributed by atoms with Crippen LogP contribution in [0, 0.1) is 0 Å². The quantitative estimate of drug-likeness (QED) is 0.851. The predicted molar refractivity (Wildman–Crippen MR) is 89.1 cm³/mol. The van der Waals surface area contributed by atoms with Crippen molar-refractivity contribution in [3.05, 3.63) is 0 Å². The van der Waals surface area contributed by atoms with E-state index in [1.54, 1.807) is 0 Å². The Morgan fingerprint density at radius 1 is 1.18 bits per heavy atom. The summed E-state index contributed by atoms with van der Waals surface area (Å²) in [5.74, 6) is 0. The van der Waals surface area contributed by atoms with Gasteiger partial charge in [-0.1, -0.05) is 0 Å². The van der Waals surface area contributed by atoms with Gasteiger partial charge in [-0.3, -0.25) is 0 Å². The normalized spacial score (nSPS) is 31.1. The van der Waals surface area contributed by atoms with Gasteiger partial charge in [0.1, 0.15) is 5.60 Å². The highest BCUT2D eigenvalue weighted by Gasteiger charge is 2.30. The summed E-state index contributed by atoms with van der Waals surface area (Å²) >= 11 is 0. The Balaban J connectivity index is 1.82. The van der Waals surface area contributed by atoms with Crippen molar-refractivity contribution in [2.45, 2.75) is 77.1 Å². The monoisotopic (exact) mass is 311 g/mol. The zero-order chi connectivity index (χ0) is 16.3. The molecule has 0 radical (unpaired) electrons. The number of nitrogens with zero attached hydrogens (tertiary/aromatic N) is 2. The number of carbonyl (C=O) groups excluding carboxylic acids is 1. The van der Waals surface area contributed by atoms with E-state index >= 15 is 0 Å². The first-order chi connectivity index (χ1) is 10.2. The fourth-order valence-electron chi connectivity index (χ4n) is 3.38. The lowest BCUT2D eigenvalue weighted by atomic mass is 9.96. The van der Waals surface area contributed by atoms with Crippen molar-refractivity contribution >= 4 is 6.09 Å². The molecule has 0 aromatic rings. The highest BCUT2D eigenvalue weighted by molar-refractivity contribution is 5.68. The lowest BCUT2D eigenvalue weighted by molar-refractivity contribution is 0.0177. The minimum absolute atomic E-state index is 0.171. The maximum atomic E-state index is 12.2. The van der Waals surface area contributed by atoms with Crippen LogP contribution in [0.4, 0.5) is 4.79 Å². The summed E-state index contributed by atoms with van der Waals surface area (Å²) in [6, 6.07) is 1.62. The molecule has 3 unspecified atom stereocenters. The Bertz CT molecular complexity index is 381. The summed E-state index contributed by atoms with van der Waals surface area (Å²) in [6.07, 6.45) is 4.43. The fraction of sp³-hybridized carbons (Fsp3) is 0.941. The van der Waals surface area contributed by atoms with E-state index in [1.807, 2.05) is 25.7 Å². The average molecular weight is 311 g/mol. The number of hydrogen-bond acceptors (Lipinski definition) is 4. The third-order valence-corrected chi connectivity index (χ3v) is 4.75. The number of ether oxygens (including phenoxy) is 1. The second-order valence-electron chi connectivity index (χ2n) is 7.98. The van der Waals surface area contributed by atoms with Gasteiger partial charge in [-0.2, -0.15) is 0 Å². The fourth-order valence-corrected chi connectivity index (χ4v) is 3.38. The number of piperidine rings is 2. The van der Waals surface area contributed by atoms with Crippen LogP contribution in [0.2, 0.25) is 0 Å². The number of likely N-dealkylation sites (tertiary alicyclic amines) is 2. The SMILES string of the molecule is CC1CC(NC2CCCN(C(=O)OC(C)(C)C)C2)CCN1C. The van der Waals surface area contributed by atoms with Crippen molar-refractivity contribution in [2.75, 3.05) is 26.7 Å². The van der Waals surface area contributed by atoms with Gasteiger partial charge in [0.2, 0.25) is 0 Å². The Kier molecular flexibility index (Phi) is 5.72. The highest BCUT2D eigenvalue weighted by atomic mass is 16.6. The van der Waals surface area contributed by atoms with Gasteiger partial charge >= 0.3 is 6.09 Å². The zero-order valence-electron chi connectivity index (χ0n) is 14.9. The topological polar surface area (TPSA) is 44.8 Å². The molecule has 2 fully saturated rings. The van der Waals surface area contributed by atoms with E-state index in [2.05, 4.69) is 24.2 Å². The van der Waals surface area contributed by atoms with E-state index in [0.717, 1.165) is 32.5 Å². The van der Waals surface area contributed by atoms with Gasteiger partial charge < -0.3 is 19.9 Å². The molecule has 5 nitrogen and oxygen atoms in total. The number of amides is 1. The van der Waals surface area contributed by atoms with Crippen molar-refractivity contribution < 1.29 is 9.53 Å². The summed E-state index contributed by atoms with van der Waals surface area (Å²) in [5, 5.41) is 3.78. The first-order valence-electron chi connectivity index (χ1n) is 8.69. The number of hydrogen-bond donors (Lipinski definition) is 1. The molecule has 0 aromatic carbocycles. The molecule has 1 N–H and O–H groups in total. The maximum Gasteiger partial charge on any atom is 0.410 e. The summed E-state index contributed by atoms with van der Waals surface area (Å²) < 4.78 is 5.50. The molecule has 3 atom stereocenters. The largest absolute Gasteiger partial charge is 0.444 e. The van der Waals surface area contributed by atoms with Crippen LogP contribution in [0.1, 0.15) is 53.4 Å². The number of carbonyl (C=O) groups is 1. The van der Waals surface area contributed by atoms with Crippen LogP contribution >= 0.6 is 0 Å². The van der Waals surface area contributed by atoms with E-state index in [9.17, 15) is 4.79 Å². The van der Waals surface area contributed by atoms with Crippen LogP contribution in [-0.4, -0.2) is 66.3 Å². The van der Waals surface area contributed by atoms with Gasteiger partial charge in [-0.25, -0.2) is 4.79 Å². The van der Waals surface area contributed by atoms with Gasteiger partial charge in [0, 0.05) is 31.2 Å². The standard InChI is InChI=1S/C17H33N3O2/c1-13-11-14(8-10-19(13)5)18-15-7-6-9-20(12-15)16(21)22-17(2,3)4/h13-15,18H,6-12H2,1-5H3. The molecule has 1 amide bonds. The Labute approximate surface area is 135 Å². The Morgan fingerprint density at radius 2 is 1.91 bits per heavy atom. The molecule has 0 aromatic heterocycles. The molecule has 0 aliphatic carbocycles. The van der Waals surface area contributed by atoms with E-state index in [4.69, 9.17) is 4.74 Å². The molecule has 2 aliphatic rings. The van der Waals surface area contributed by atoms with Crippen molar-refractivity contribution in [3.8, 4) is 0 Å². The summed E-state index contributed by atoms with van der Waals surface area (Å²) in [4.78, 5) is 16.5.